The summed E-state index contributed by atoms with van der Waals surface area (Å²) in [5.74, 6) is 1.40. The van der Waals surface area contributed by atoms with Gasteiger partial charge in [-0.3, -0.25) is 4.79 Å². The van der Waals surface area contributed by atoms with E-state index in [0.29, 0.717) is 19.0 Å². The second kappa shape index (κ2) is 7.89. The average Bonchev–Trinajstić information content (AvgIpc) is 2.63. The smallest absolute Gasteiger partial charge is 0.247 e. The van der Waals surface area contributed by atoms with Gasteiger partial charge in [0.1, 0.15) is 0 Å². The number of rotatable bonds is 6. The van der Waals surface area contributed by atoms with Crippen molar-refractivity contribution in [3.05, 3.63) is 17.8 Å². The van der Waals surface area contributed by atoms with Crippen LogP contribution in [0.5, 0.6) is 0 Å². The summed E-state index contributed by atoms with van der Waals surface area (Å²) in [4.78, 5) is 19.1. The third-order valence-electron chi connectivity index (χ3n) is 4.43. The third-order valence-corrected chi connectivity index (χ3v) is 4.43. The van der Waals surface area contributed by atoms with Crippen LogP contribution in [-0.2, 0) is 4.79 Å². The summed E-state index contributed by atoms with van der Waals surface area (Å²) in [5, 5.41) is 11.5. The van der Waals surface area contributed by atoms with Crippen LogP contribution in [0.3, 0.4) is 0 Å². The molecule has 1 aromatic rings. The van der Waals surface area contributed by atoms with Crippen LogP contribution in [0.25, 0.3) is 0 Å². The van der Waals surface area contributed by atoms with Crippen molar-refractivity contribution in [1.29, 1.82) is 0 Å². The first-order valence-electron chi connectivity index (χ1n) is 8.41. The summed E-state index contributed by atoms with van der Waals surface area (Å²) in [6.45, 7) is 3.79. The number of amides is 1. The first-order valence-corrected chi connectivity index (χ1v) is 8.41. The molecule has 7 nitrogen and oxygen atoms in total. The van der Waals surface area contributed by atoms with Crippen LogP contribution in [0.1, 0.15) is 32.1 Å². The van der Waals surface area contributed by atoms with Crippen molar-refractivity contribution in [3.63, 3.8) is 0 Å². The summed E-state index contributed by atoms with van der Waals surface area (Å²) >= 11 is 0. The Morgan fingerprint density at radius 2 is 2.09 bits per heavy atom. The molecule has 23 heavy (non-hydrogen) atoms. The Hall–Kier alpha value is -2.18. The molecule has 0 aromatic carbocycles. The minimum absolute atomic E-state index is 0.637. The zero-order valence-electron chi connectivity index (χ0n) is 13.4. The molecule has 0 unspecified atom stereocenters. The van der Waals surface area contributed by atoms with Gasteiger partial charge in [-0.15, -0.1) is 5.10 Å². The maximum atomic E-state index is 10.8. The zero-order chi connectivity index (χ0) is 15.9. The number of nitrogens with zero attached hydrogens (tertiary/aromatic N) is 5. The van der Waals surface area contributed by atoms with E-state index in [-0.39, 0.29) is 0 Å². The monoisotopic (exact) mass is 316 g/mol. The topological polar surface area (TPSA) is 74.2 Å². The summed E-state index contributed by atoms with van der Waals surface area (Å²) in [7, 11) is 0. The molecule has 1 amide bonds. The van der Waals surface area contributed by atoms with Crippen molar-refractivity contribution in [1.82, 2.24) is 20.1 Å². The number of hydrogen-bond donors (Lipinski definition) is 1. The van der Waals surface area contributed by atoms with Crippen molar-refractivity contribution in [2.24, 2.45) is 0 Å². The lowest BCUT2D eigenvalue weighted by Crippen LogP contribution is -2.46. The molecule has 0 saturated carbocycles. The van der Waals surface area contributed by atoms with E-state index < -0.39 is 0 Å². The highest BCUT2D eigenvalue weighted by atomic mass is 16.1. The van der Waals surface area contributed by atoms with E-state index in [1.807, 2.05) is 0 Å². The molecule has 3 rings (SSSR count). The molecular weight excluding hydrogens is 292 g/mol. The van der Waals surface area contributed by atoms with Gasteiger partial charge >= 0.3 is 0 Å². The lowest BCUT2D eigenvalue weighted by molar-refractivity contribution is -0.118. The van der Waals surface area contributed by atoms with Gasteiger partial charge in [0.2, 0.25) is 12.4 Å². The van der Waals surface area contributed by atoms with E-state index in [0.717, 1.165) is 38.3 Å². The average molecular weight is 316 g/mol. The van der Waals surface area contributed by atoms with Gasteiger partial charge in [0.25, 0.3) is 0 Å². The summed E-state index contributed by atoms with van der Waals surface area (Å²) in [6.07, 6.45) is 11.1. The van der Waals surface area contributed by atoms with Gasteiger partial charge < -0.3 is 15.1 Å². The van der Waals surface area contributed by atoms with Crippen molar-refractivity contribution in [2.75, 3.05) is 42.9 Å². The Balaban J connectivity index is 1.51. The van der Waals surface area contributed by atoms with Gasteiger partial charge in [-0.05, 0) is 32.1 Å². The summed E-state index contributed by atoms with van der Waals surface area (Å²) in [6, 6.07) is 0. The van der Waals surface area contributed by atoms with Gasteiger partial charge in [0.15, 0.2) is 5.82 Å². The second-order valence-corrected chi connectivity index (χ2v) is 6.05. The number of aromatic nitrogens is 3. The molecule has 1 aromatic heterocycles. The number of nitrogens with one attached hydrogen (secondary N) is 1. The van der Waals surface area contributed by atoms with E-state index in [1.54, 1.807) is 16.7 Å². The van der Waals surface area contributed by atoms with E-state index in [4.69, 9.17) is 0 Å². The molecule has 0 bridgehead atoms. The predicted molar refractivity (Wildman–Crippen MR) is 89.3 cm³/mol. The highest BCUT2D eigenvalue weighted by molar-refractivity contribution is 5.48. The molecule has 1 aliphatic heterocycles. The maximum Gasteiger partial charge on any atom is 0.247 e. The fraction of sp³-hybridized carbons (Fsp3) is 0.625. The molecule has 1 aliphatic carbocycles. The molecule has 0 radical (unpaired) electrons. The van der Waals surface area contributed by atoms with Crippen molar-refractivity contribution in [2.45, 2.75) is 32.1 Å². The largest absolute Gasteiger partial charge is 0.368 e. The van der Waals surface area contributed by atoms with Crippen molar-refractivity contribution >= 4 is 18.2 Å². The lowest BCUT2D eigenvalue weighted by atomic mass is 9.97. The van der Waals surface area contributed by atoms with Gasteiger partial charge in [-0.2, -0.15) is 10.1 Å². The maximum absolute atomic E-state index is 10.8. The van der Waals surface area contributed by atoms with Gasteiger partial charge in [0, 0.05) is 32.7 Å². The molecule has 1 fully saturated rings. The highest BCUT2D eigenvalue weighted by Gasteiger charge is 2.18. The number of piperazine rings is 1. The molecule has 0 spiro atoms. The Morgan fingerprint density at radius 1 is 1.22 bits per heavy atom. The fourth-order valence-electron chi connectivity index (χ4n) is 3.02. The van der Waals surface area contributed by atoms with Crippen LogP contribution in [0.2, 0.25) is 0 Å². The van der Waals surface area contributed by atoms with Crippen LogP contribution in [0.15, 0.2) is 17.8 Å². The molecule has 2 aliphatic rings. The number of carbonyl (C=O) groups excluding carboxylic acids is 1. The minimum Gasteiger partial charge on any atom is -0.368 e. The number of hydrogen-bond acceptors (Lipinski definition) is 6. The van der Waals surface area contributed by atoms with E-state index in [2.05, 4.69) is 31.5 Å². The molecule has 1 N–H and O–H groups in total. The first-order chi connectivity index (χ1) is 11.3. The Kier molecular flexibility index (Phi) is 5.39. The first kappa shape index (κ1) is 15.7. The van der Waals surface area contributed by atoms with Gasteiger partial charge in [0.05, 0.1) is 6.20 Å². The van der Waals surface area contributed by atoms with Crippen LogP contribution in [-0.4, -0.2) is 59.2 Å². The summed E-state index contributed by atoms with van der Waals surface area (Å²) < 4.78 is 0. The van der Waals surface area contributed by atoms with E-state index in [1.165, 1.54) is 25.7 Å². The molecule has 124 valence electrons. The zero-order valence-corrected chi connectivity index (χ0v) is 13.4. The SMILES string of the molecule is O=CN1CCN(c2nncc(NCCC3=CCCCC3)n2)CC1. The van der Waals surface area contributed by atoms with Crippen molar-refractivity contribution in [3.8, 4) is 0 Å². The van der Waals surface area contributed by atoms with Crippen LogP contribution < -0.4 is 10.2 Å². The fourth-order valence-corrected chi connectivity index (χ4v) is 3.02. The number of allylic oxidation sites excluding steroid dienone is 1. The van der Waals surface area contributed by atoms with E-state index >= 15 is 0 Å². The third kappa shape index (κ3) is 4.40. The molecule has 7 heteroatoms. The molecular formula is C16H24N6O. The van der Waals surface area contributed by atoms with Gasteiger partial charge in [-0.1, -0.05) is 11.6 Å². The minimum atomic E-state index is 0.637. The summed E-state index contributed by atoms with van der Waals surface area (Å²) in [5.41, 5.74) is 1.55. The molecule has 0 atom stereocenters. The molecule has 2 heterocycles. The Labute approximate surface area is 136 Å². The molecule has 1 saturated heterocycles. The van der Waals surface area contributed by atoms with Crippen LogP contribution >= 0.6 is 0 Å². The Bertz CT molecular complexity index is 553. The Morgan fingerprint density at radius 3 is 2.83 bits per heavy atom. The normalized spacial score (nSPS) is 18.5. The predicted octanol–water partition coefficient (Wildman–Crippen LogP) is 1.45. The second-order valence-electron chi connectivity index (χ2n) is 6.05. The quantitative estimate of drug-likeness (QED) is 0.632. The number of anilines is 2. The van der Waals surface area contributed by atoms with Crippen LogP contribution in [0.4, 0.5) is 11.8 Å². The number of carbonyl (C=O) groups is 1. The lowest BCUT2D eigenvalue weighted by Gasteiger charge is -2.32. The highest BCUT2D eigenvalue weighted by Crippen LogP contribution is 2.20. The van der Waals surface area contributed by atoms with E-state index in [9.17, 15) is 4.79 Å². The van der Waals surface area contributed by atoms with Crippen molar-refractivity contribution < 1.29 is 4.79 Å². The van der Waals surface area contributed by atoms with Gasteiger partial charge in [-0.25, -0.2) is 0 Å². The van der Waals surface area contributed by atoms with Crippen LogP contribution in [0, 0.1) is 0 Å². The standard InChI is InChI=1S/C16H24N6O/c23-13-21-8-10-22(11-9-21)16-19-15(12-18-20-16)17-7-6-14-4-2-1-3-5-14/h4,12-13H,1-3,5-11H2,(H,17,19,20).